The molecule has 1 N–H and O–H groups in total. The summed E-state index contributed by atoms with van der Waals surface area (Å²) in [4.78, 5) is 25.2. The number of hydrogen-bond donors (Lipinski definition) is 1. The Balaban J connectivity index is 1.35. The second-order valence-electron chi connectivity index (χ2n) is 7.27. The van der Waals surface area contributed by atoms with E-state index in [-0.39, 0.29) is 12.7 Å². The Morgan fingerprint density at radius 2 is 1.68 bits per heavy atom. The third-order valence-electron chi connectivity index (χ3n) is 5.03. The summed E-state index contributed by atoms with van der Waals surface area (Å²) < 4.78 is 16.1. The van der Waals surface area contributed by atoms with Crippen LogP contribution < -0.4 is 14.8 Å². The Kier molecular flexibility index (Phi) is 6.17. The van der Waals surface area contributed by atoms with Crippen molar-refractivity contribution in [1.29, 1.82) is 0 Å². The Morgan fingerprint density at radius 3 is 2.52 bits per heavy atom. The van der Waals surface area contributed by atoms with Gasteiger partial charge in [-0.25, -0.2) is 4.79 Å². The maximum absolute atomic E-state index is 12.7. The van der Waals surface area contributed by atoms with Crippen LogP contribution in [0, 0.1) is 0 Å². The molecule has 3 aromatic rings. The molecule has 1 heterocycles. The van der Waals surface area contributed by atoms with Crippen LogP contribution in [0.15, 0.2) is 72.8 Å². The highest BCUT2D eigenvalue weighted by atomic mass is 16.7. The predicted octanol–water partition coefficient (Wildman–Crippen LogP) is 3.87. The van der Waals surface area contributed by atoms with Crippen molar-refractivity contribution in [1.82, 2.24) is 5.32 Å². The van der Waals surface area contributed by atoms with Crippen molar-refractivity contribution in [3.05, 3.63) is 95.1 Å². The first-order valence-corrected chi connectivity index (χ1v) is 10.1. The van der Waals surface area contributed by atoms with E-state index >= 15 is 0 Å². The number of hydrogen-bond acceptors (Lipinski definition) is 5. The van der Waals surface area contributed by atoms with Gasteiger partial charge in [0, 0.05) is 6.54 Å². The molecule has 0 aliphatic carbocycles. The quantitative estimate of drug-likeness (QED) is 0.591. The minimum Gasteiger partial charge on any atom is -0.454 e. The predicted molar refractivity (Wildman–Crippen MR) is 115 cm³/mol. The minimum absolute atomic E-state index is 0.198. The van der Waals surface area contributed by atoms with Crippen molar-refractivity contribution in [2.45, 2.75) is 26.0 Å². The summed E-state index contributed by atoms with van der Waals surface area (Å²) in [6.07, 6.45) is -0.317. The van der Waals surface area contributed by atoms with Crippen LogP contribution in [0.5, 0.6) is 11.5 Å². The molecule has 0 radical (unpaired) electrons. The lowest BCUT2D eigenvalue weighted by molar-refractivity contribution is -0.129. The number of ether oxygens (including phenoxy) is 3. The molecule has 0 aromatic heterocycles. The summed E-state index contributed by atoms with van der Waals surface area (Å²) in [7, 11) is 0. The fourth-order valence-electron chi connectivity index (χ4n) is 3.35. The van der Waals surface area contributed by atoms with E-state index < -0.39 is 12.1 Å². The summed E-state index contributed by atoms with van der Waals surface area (Å²) in [6, 6.07) is 22.7. The van der Waals surface area contributed by atoms with E-state index in [2.05, 4.69) is 5.32 Å². The maximum atomic E-state index is 12.7. The number of nitrogens with one attached hydrogen (secondary N) is 1. The summed E-state index contributed by atoms with van der Waals surface area (Å²) in [5, 5.41) is 2.79. The average Bonchev–Trinajstić information content (AvgIpc) is 3.26. The van der Waals surface area contributed by atoms with Gasteiger partial charge >= 0.3 is 5.97 Å². The summed E-state index contributed by atoms with van der Waals surface area (Å²) >= 11 is 0. The van der Waals surface area contributed by atoms with E-state index in [0.717, 1.165) is 16.7 Å². The topological polar surface area (TPSA) is 73.9 Å². The summed E-state index contributed by atoms with van der Waals surface area (Å²) in [6.45, 7) is 2.05. The van der Waals surface area contributed by atoms with Crippen molar-refractivity contribution >= 4 is 11.9 Å². The fraction of sp³-hybridized carbons (Fsp3) is 0.200. The van der Waals surface area contributed by atoms with E-state index in [1.807, 2.05) is 54.6 Å². The lowest BCUT2D eigenvalue weighted by atomic mass is 10.00. The molecule has 0 bridgehead atoms. The smallest absolute Gasteiger partial charge is 0.339 e. The van der Waals surface area contributed by atoms with Crippen LogP contribution in [0.1, 0.15) is 34.0 Å². The van der Waals surface area contributed by atoms with Crippen molar-refractivity contribution < 1.29 is 23.8 Å². The van der Waals surface area contributed by atoms with Gasteiger partial charge in [-0.05, 0) is 48.2 Å². The molecule has 1 aliphatic heterocycles. The van der Waals surface area contributed by atoms with Crippen molar-refractivity contribution in [3.63, 3.8) is 0 Å². The first-order chi connectivity index (χ1) is 15.1. The lowest BCUT2D eigenvalue weighted by Gasteiger charge is -2.15. The second-order valence-corrected chi connectivity index (χ2v) is 7.27. The van der Waals surface area contributed by atoms with Gasteiger partial charge in [-0.2, -0.15) is 0 Å². The van der Waals surface area contributed by atoms with Gasteiger partial charge in [0.05, 0.1) is 5.56 Å². The molecule has 6 heteroatoms. The van der Waals surface area contributed by atoms with Crippen LogP contribution in [-0.4, -0.2) is 24.8 Å². The van der Waals surface area contributed by atoms with Gasteiger partial charge in [-0.1, -0.05) is 54.6 Å². The van der Waals surface area contributed by atoms with Gasteiger partial charge in [-0.3, -0.25) is 4.79 Å². The van der Waals surface area contributed by atoms with Crippen LogP contribution in [0.4, 0.5) is 0 Å². The molecule has 1 atom stereocenters. The SMILES string of the molecule is C[C@@H](OC(=O)c1ccccc1Cc1ccccc1)C(=O)NCc1ccc2c(c1)OCO2. The monoisotopic (exact) mass is 417 g/mol. The number of benzene rings is 3. The Bertz CT molecular complexity index is 1080. The number of carbonyl (C=O) groups is 2. The zero-order chi connectivity index (χ0) is 21.6. The molecule has 31 heavy (non-hydrogen) atoms. The highest BCUT2D eigenvalue weighted by Crippen LogP contribution is 2.32. The van der Waals surface area contributed by atoms with E-state index in [4.69, 9.17) is 14.2 Å². The van der Waals surface area contributed by atoms with E-state index in [1.165, 1.54) is 0 Å². The molecule has 3 aromatic carbocycles. The zero-order valence-corrected chi connectivity index (χ0v) is 17.2. The molecular formula is C25H23NO5. The first-order valence-electron chi connectivity index (χ1n) is 10.1. The number of fused-ring (bicyclic) bond motifs is 1. The van der Waals surface area contributed by atoms with Gasteiger partial charge in [0.1, 0.15) is 0 Å². The molecule has 1 aliphatic rings. The van der Waals surface area contributed by atoms with Gasteiger partial charge in [0.2, 0.25) is 6.79 Å². The fourth-order valence-corrected chi connectivity index (χ4v) is 3.35. The summed E-state index contributed by atoms with van der Waals surface area (Å²) in [5.74, 6) is 0.455. The van der Waals surface area contributed by atoms with E-state index in [1.54, 1.807) is 25.1 Å². The number of carbonyl (C=O) groups excluding carboxylic acids is 2. The Labute approximate surface area is 180 Å². The largest absolute Gasteiger partial charge is 0.454 e. The second kappa shape index (κ2) is 9.34. The molecule has 4 rings (SSSR count). The average molecular weight is 417 g/mol. The normalized spacial score (nSPS) is 12.8. The Hall–Kier alpha value is -3.80. The zero-order valence-electron chi connectivity index (χ0n) is 17.2. The van der Waals surface area contributed by atoms with E-state index in [9.17, 15) is 9.59 Å². The Morgan fingerprint density at radius 1 is 0.935 bits per heavy atom. The van der Waals surface area contributed by atoms with Crippen molar-refractivity contribution in [2.75, 3.05) is 6.79 Å². The van der Waals surface area contributed by atoms with E-state index in [0.29, 0.717) is 30.0 Å². The van der Waals surface area contributed by atoms with Crippen LogP contribution in [0.3, 0.4) is 0 Å². The number of rotatable bonds is 7. The minimum atomic E-state index is -0.925. The molecular weight excluding hydrogens is 394 g/mol. The summed E-state index contributed by atoms with van der Waals surface area (Å²) in [5.41, 5.74) is 3.27. The molecule has 0 fully saturated rings. The number of amides is 1. The van der Waals surface area contributed by atoms with Gasteiger partial charge in [0.15, 0.2) is 17.6 Å². The highest BCUT2D eigenvalue weighted by molar-refractivity contribution is 5.93. The first kappa shape index (κ1) is 20.5. The number of esters is 1. The van der Waals surface area contributed by atoms with Crippen molar-refractivity contribution in [2.24, 2.45) is 0 Å². The molecule has 0 unspecified atom stereocenters. The molecule has 6 nitrogen and oxygen atoms in total. The third-order valence-corrected chi connectivity index (χ3v) is 5.03. The molecule has 1 amide bonds. The molecule has 0 saturated carbocycles. The molecule has 0 saturated heterocycles. The lowest BCUT2D eigenvalue weighted by Crippen LogP contribution is -2.35. The van der Waals surface area contributed by atoms with Crippen molar-refractivity contribution in [3.8, 4) is 11.5 Å². The maximum Gasteiger partial charge on any atom is 0.339 e. The third kappa shape index (κ3) is 5.04. The van der Waals surface area contributed by atoms with Gasteiger partial charge in [0.25, 0.3) is 5.91 Å². The molecule has 158 valence electrons. The highest BCUT2D eigenvalue weighted by Gasteiger charge is 2.21. The van der Waals surface area contributed by atoms with Crippen LogP contribution in [0.25, 0.3) is 0 Å². The standard InChI is InChI=1S/C25H23NO5/c1-17(24(27)26-15-19-11-12-22-23(14-19)30-16-29-22)31-25(28)21-10-6-5-9-20(21)13-18-7-3-2-4-8-18/h2-12,14,17H,13,15-16H2,1H3,(H,26,27)/t17-/m1/s1. The molecule has 0 spiro atoms. The van der Waals surface area contributed by atoms with Gasteiger partial charge in [-0.15, -0.1) is 0 Å². The van der Waals surface area contributed by atoms with Gasteiger partial charge < -0.3 is 19.5 Å². The van der Waals surface area contributed by atoms with Crippen LogP contribution in [-0.2, 0) is 22.5 Å². The van der Waals surface area contributed by atoms with Crippen LogP contribution >= 0.6 is 0 Å². The van der Waals surface area contributed by atoms with Crippen LogP contribution in [0.2, 0.25) is 0 Å².